The van der Waals surface area contributed by atoms with Crippen LogP contribution in [0.5, 0.6) is 0 Å². The van der Waals surface area contributed by atoms with Gasteiger partial charge in [0.15, 0.2) is 0 Å². The lowest BCUT2D eigenvalue weighted by Crippen LogP contribution is -2.53. The maximum absolute atomic E-state index is 14.3. The van der Waals surface area contributed by atoms with Crippen molar-refractivity contribution in [3.8, 4) is 0 Å². The van der Waals surface area contributed by atoms with Crippen molar-refractivity contribution in [1.29, 1.82) is 0 Å². The quantitative estimate of drug-likeness (QED) is 0.195. The van der Waals surface area contributed by atoms with Crippen LogP contribution >= 0.6 is 0 Å². The molecular formula is C33H57N3O4. The third-order valence-corrected chi connectivity index (χ3v) is 6.68. The van der Waals surface area contributed by atoms with E-state index in [1.807, 2.05) is 39.8 Å². The lowest BCUT2D eigenvalue weighted by molar-refractivity contribution is -0.143. The first-order chi connectivity index (χ1) is 18.8. The summed E-state index contributed by atoms with van der Waals surface area (Å²) in [6.07, 6.45) is 8.06. The normalized spacial score (nSPS) is 13.1. The first-order valence-corrected chi connectivity index (χ1v) is 15.4. The van der Waals surface area contributed by atoms with E-state index in [-0.39, 0.29) is 17.7 Å². The molecule has 1 aromatic rings. The minimum atomic E-state index is -0.799. The Morgan fingerprint density at radius 2 is 1.45 bits per heavy atom. The molecule has 0 saturated heterocycles. The molecule has 0 saturated carbocycles. The van der Waals surface area contributed by atoms with Gasteiger partial charge in [0, 0.05) is 13.1 Å². The summed E-state index contributed by atoms with van der Waals surface area (Å²) in [5, 5.41) is 5.92. The molecule has 40 heavy (non-hydrogen) atoms. The van der Waals surface area contributed by atoms with Gasteiger partial charge in [-0.25, -0.2) is 4.79 Å². The SMILES string of the molecule is CCCCCCCCN(C(=O)C(CC(C)C)NC(=O)OC(C)(C)C)C(C(=O)NCCCC)c1cc(C)cc(C)c1. The minimum Gasteiger partial charge on any atom is -0.444 e. The van der Waals surface area contributed by atoms with Gasteiger partial charge in [-0.15, -0.1) is 0 Å². The number of hydrogen-bond acceptors (Lipinski definition) is 4. The number of ether oxygens (including phenoxy) is 1. The van der Waals surface area contributed by atoms with Crippen molar-refractivity contribution in [1.82, 2.24) is 15.5 Å². The molecular weight excluding hydrogens is 502 g/mol. The van der Waals surface area contributed by atoms with Crippen molar-refractivity contribution in [2.75, 3.05) is 13.1 Å². The first kappa shape index (κ1) is 35.5. The fourth-order valence-corrected chi connectivity index (χ4v) is 4.90. The number of nitrogens with zero attached hydrogens (tertiary/aromatic N) is 1. The smallest absolute Gasteiger partial charge is 0.408 e. The van der Waals surface area contributed by atoms with Crippen LogP contribution in [0.25, 0.3) is 0 Å². The second-order valence-corrected chi connectivity index (χ2v) is 12.6. The molecule has 1 aromatic carbocycles. The van der Waals surface area contributed by atoms with E-state index in [9.17, 15) is 14.4 Å². The summed E-state index contributed by atoms with van der Waals surface area (Å²) >= 11 is 0. The number of unbranched alkanes of at least 4 members (excludes halogenated alkanes) is 6. The molecule has 7 nitrogen and oxygen atoms in total. The van der Waals surface area contributed by atoms with Crippen molar-refractivity contribution in [3.05, 3.63) is 34.9 Å². The van der Waals surface area contributed by atoms with Crippen molar-refractivity contribution < 1.29 is 19.1 Å². The van der Waals surface area contributed by atoms with Gasteiger partial charge in [0.2, 0.25) is 11.8 Å². The lowest BCUT2D eigenvalue weighted by Gasteiger charge is -2.35. The average Bonchev–Trinajstić information content (AvgIpc) is 2.82. The average molecular weight is 560 g/mol. The Balaban J connectivity index is 3.48. The van der Waals surface area contributed by atoms with E-state index in [2.05, 4.69) is 30.5 Å². The van der Waals surface area contributed by atoms with Crippen LogP contribution in [0.1, 0.15) is 129 Å². The van der Waals surface area contributed by atoms with Gasteiger partial charge in [-0.2, -0.15) is 0 Å². The molecule has 228 valence electrons. The predicted octanol–water partition coefficient (Wildman–Crippen LogP) is 7.39. The Hall–Kier alpha value is -2.57. The molecule has 2 atom stereocenters. The van der Waals surface area contributed by atoms with Crippen LogP contribution in [-0.2, 0) is 14.3 Å². The Morgan fingerprint density at radius 1 is 0.875 bits per heavy atom. The molecule has 0 aliphatic heterocycles. The van der Waals surface area contributed by atoms with Crippen molar-refractivity contribution in [2.45, 2.75) is 138 Å². The minimum absolute atomic E-state index is 0.151. The number of nitrogens with one attached hydrogen (secondary N) is 2. The summed E-state index contributed by atoms with van der Waals surface area (Å²) < 4.78 is 5.51. The Kier molecular flexibility index (Phi) is 15.9. The maximum atomic E-state index is 14.3. The van der Waals surface area contributed by atoms with Crippen LogP contribution in [-0.4, -0.2) is 47.5 Å². The second-order valence-electron chi connectivity index (χ2n) is 12.6. The second kappa shape index (κ2) is 18.0. The Morgan fingerprint density at radius 3 is 2.00 bits per heavy atom. The largest absolute Gasteiger partial charge is 0.444 e. The van der Waals surface area contributed by atoms with Crippen molar-refractivity contribution in [3.63, 3.8) is 0 Å². The van der Waals surface area contributed by atoms with Gasteiger partial charge in [0.05, 0.1) is 0 Å². The van der Waals surface area contributed by atoms with Gasteiger partial charge in [-0.3, -0.25) is 9.59 Å². The molecule has 3 amide bonds. The molecule has 0 aliphatic carbocycles. The molecule has 0 bridgehead atoms. The molecule has 2 N–H and O–H groups in total. The highest BCUT2D eigenvalue weighted by Gasteiger charge is 2.36. The zero-order valence-electron chi connectivity index (χ0n) is 26.8. The highest BCUT2D eigenvalue weighted by Crippen LogP contribution is 2.27. The number of carbonyl (C=O) groups is 3. The fraction of sp³-hybridized carbons (Fsp3) is 0.727. The summed E-state index contributed by atoms with van der Waals surface area (Å²) in [4.78, 5) is 42.6. The van der Waals surface area contributed by atoms with Gasteiger partial charge >= 0.3 is 6.09 Å². The van der Waals surface area contributed by atoms with Gasteiger partial charge in [-0.05, 0) is 65.4 Å². The number of amides is 3. The van der Waals surface area contributed by atoms with Crippen LogP contribution in [0.3, 0.4) is 0 Å². The van der Waals surface area contributed by atoms with Crippen LogP contribution in [0.4, 0.5) is 4.79 Å². The van der Waals surface area contributed by atoms with Crippen molar-refractivity contribution >= 4 is 17.9 Å². The topological polar surface area (TPSA) is 87.7 Å². The van der Waals surface area contributed by atoms with E-state index in [4.69, 9.17) is 4.74 Å². The van der Waals surface area contributed by atoms with E-state index in [0.717, 1.165) is 48.8 Å². The maximum Gasteiger partial charge on any atom is 0.408 e. The van der Waals surface area contributed by atoms with Crippen LogP contribution in [0.15, 0.2) is 18.2 Å². The zero-order chi connectivity index (χ0) is 30.3. The first-order valence-electron chi connectivity index (χ1n) is 15.4. The molecule has 0 spiro atoms. The summed E-state index contributed by atoms with van der Waals surface area (Å²) in [5.41, 5.74) is 2.19. The molecule has 7 heteroatoms. The molecule has 0 aliphatic rings. The summed E-state index contributed by atoms with van der Waals surface area (Å²) in [6.45, 7) is 18.7. The van der Waals surface area contributed by atoms with E-state index >= 15 is 0 Å². The van der Waals surface area contributed by atoms with E-state index in [1.165, 1.54) is 19.3 Å². The lowest BCUT2D eigenvalue weighted by atomic mass is 9.96. The van der Waals surface area contributed by atoms with Gasteiger partial charge in [0.25, 0.3) is 0 Å². The molecule has 1 rings (SSSR count). The molecule has 0 fully saturated rings. The number of hydrogen-bond donors (Lipinski definition) is 2. The van der Waals surface area contributed by atoms with E-state index in [0.29, 0.717) is 19.5 Å². The monoisotopic (exact) mass is 559 g/mol. The number of carbonyl (C=O) groups excluding carboxylic acids is 3. The summed E-state index contributed by atoms with van der Waals surface area (Å²) in [6, 6.07) is 4.48. The van der Waals surface area contributed by atoms with Gasteiger partial charge in [0.1, 0.15) is 17.7 Å². The zero-order valence-corrected chi connectivity index (χ0v) is 26.8. The third-order valence-electron chi connectivity index (χ3n) is 6.68. The Labute approximate surface area is 244 Å². The van der Waals surface area contributed by atoms with E-state index < -0.39 is 23.8 Å². The predicted molar refractivity (Wildman–Crippen MR) is 164 cm³/mol. The highest BCUT2D eigenvalue weighted by atomic mass is 16.6. The molecule has 0 radical (unpaired) electrons. The molecule has 0 aromatic heterocycles. The molecule has 2 unspecified atom stereocenters. The standard InChI is InChI=1S/C33H57N3O4/c1-10-12-14-15-16-17-19-36(31(38)28(20-24(3)4)35-32(39)40-33(7,8)9)29(30(37)34-18-13-11-2)27-22-25(5)21-26(6)23-27/h21-24,28-29H,10-20H2,1-9H3,(H,34,37)(H,35,39). The summed E-state index contributed by atoms with van der Waals surface area (Å²) in [7, 11) is 0. The summed E-state index contributed by atoms with van der Waals surface area (Å²) in [5.74, 6) is -0.279. The Bertz CT molecular complexity index is 903. The molecule has 0 heterocycles. The van der Waals surface area contributed by atoms with E-state index in [1.54, 1.807) is 25.7 Å². The number of alkyl carbamates (subject to hydrolysis) is 1. The van der Waals surface area contributed by atoms with Crippen LogP contribution in [0, 0.1) is 19.8 Å². The van der Waals surface area contributed by atoms with Crippen molar-refractivity contribution in [2.24, 2.45) is 5.92 Å². The highest BCUT2D eigenvalue weighted by molar-refractivity contribution is 5.92. The van der Waals surface area contributed by atoms with Crippen LogP contribution in [0.2, 0.25) is 0 Å². The number of rotatable bonds is 17. The van der Waals surface area contributed by atoms with Gasteiger partial charge in [-0.1, -0.05) is 95.5 Å². The third kappa shape index (κ3) is 13.7. The number of aryl methyl sites for hydroxylation is 2. The number of benzene rings is 1. The fourth-order valence-electron chi connectivity index (χ4n) is 4.90. The van der Waals surface area contributed by atoms with Gasteiger partial charge < -0.3 is 20.3 Å². The van der Waals surface area contributed by atoms with Crippen LogP contribution < -0.4 is 10.6 Å².